The Kier molecular flexibility index (Phi) is 3.40. The van der Waals surface area contributed by atoms with E-state index in [0.29, 0.717) is 13.1 Å². The lowest BCUT2D eigenvalue weighted by Gasteiger charge is -2.02. The summed E-state index contributed by atoms with van der Waals surface area (Å²) >= 11 is 0. The molecule has 0 aliphatic carbocycles. The highest BCUT2D eigenvalue weighted by molar-refractivity contribution is 5.93. The molecule has 1 rings (SSSR count). The Morgan fingerprint density at radius 1 is 1.73 bits per heavy atom. The second-order valence-electron chi connectivity index (χ2n) is 3.00. The SMILES string of the molecule is Cn1cc([N+](=O)[O-])cc1C(=O)NCCN. The van der Waals surface area contributed by atoms with E-state index in [1.54, 1.807) is 7.05 Å². The van der Waals surface area contributed by atoms with Gasteiger partial charge in [-0.3, -0.25) is 14.9 Å². The van der Waals surface area contributed by atoms with Crippen molar-refractivity contribution in [2.75, 3.05) is 13.1 Å². The first-order valence-corrected chi connectivity index (χ1v) is 4.35. The van der Waals surface area contributed by atoms with Crippen LogP contribution in [-0.4, -0.2) is 28.5 Å². The van der Waals surface area contributed by atoms with Gasteiger partial charge in [-0.1, -0.05) is 0 Å². The van der Waals surface area contributed by atoms with Gasteiger partial charge < -0.3 is 15.6 Å². The average molecular weight is 212 g/mol. The van der Waals surface area contributed by atoms with Gasteiger partial charge in [0.25, 0.3) is 11.6 Å². The largest absolute Gasteiger partial charge is 0.349 e. The number of hydrogen-bond donors (Lipinski definition) is 2. The fourth-order valence-corrected chi connectivity index (χ4v) is 1.15. The van der Waals surface area contributed by atoms with Gasteiger partial charge >= 0.3 is 0 Å². The molecule has 7 heteroatoms. The van der Waals surface area contributed by atoms with Gasteiger partial charge in [0.2, 0.25) is 0 Å². The molecular formula is C8H12N4O3. The monoisotopic (exact) mass is 212 g/mol. The van der Waals surface area contributed by atoms with Crippen molar-refractivity contribution >= 4 is 11.6 Å². The Hall–Kier alpha value is -1.89. The van der Waals surface area contributed by atoms with E-state index in [4.69, 9.17) is 5.73 Å². The number of amides is 1. The van der Waals surface area contributed by atoms with E-state index in [9.17, 15) is 14.9 Å². The van der Waals surface area contributed by atoms with Gasteiger partial charge in [0.15, 0.2) is 0 Å². The number of nitrogens with one attached hydrogen (secondary N) is 1. The highest BCUT2D eigenvalue weighted by Gasteiger charge is 2.16. The van der Waals surface area contributed by atoms with E-state index in [0.717, 1.165) is 0 Å². The third-order valence-electron chi connectivity index (χ3n) is 1.86. The number of aryl methyl sites for hydroxylation is 1. The van der Waals surface area contributed by atoms with Crippen LogP contribution in [0.4, 0.5) is 5.69 Å². The third kappa shape index (κ3) is 2.53. The van der Waals surface area contributed by atoms with E-state index < -0.39 is 4.92 Å². The van der Waals surface area contributed by atoms with Crippen molar-refractivity contribution in [1.29, 1.82) is 0 Å². The number of carbonyl (C=O) groups is 1. The summed E-state index contributed by atoms with van der Waals surface area (Å²) < 4.78 is 1.41. The summed E-state index contributed by atoms with van der Waals surface area (Å²) in [5, 5.41) is 13.0. The van der Waals surface area contributed by atoms with Crippen LogP contribution >= 0.6 is 0 Å². The highest BCUT2D eigenvalue weighted by atomic mass is 16.6. The van der Waals surface area contributed by atoms with E-state index in [-0.39, 0.29) is 17.3 Å². The molecule has 0 spiro atoms. The highest BCUT2D eigenvalue weighted by Crippen LogP contribution is 2.14. The molecule has 82 valence electrons. The fraction of sp³-hybridized carbons (Fsp3) is 0.375. The summed E-state index contributed by atoms with van der Waals surface area (Å²) in [5.41, 5.74) is 5.36. The lowest BCUT2D eigenvalue weighted by molar-refractivity contribution is -0.384. The van der Waals surface area contributed by atoms with Gasteiger partial charge in [-0.25, -0.2) is 0 Å². The van der Waals surface area contributed by atoms with Crippen LogP contribution < -0.4 is 11.1 Å². The first kappa shape index (κ1) is 11.2. The minimum absolute atomic E-state index is 0.101. The number of nitrogens with zero attached hydrogens (tertiary/aromatic N) is 2. The molecule has 0 aliphatic rings. The average Bonchev–Trinajstić information content (AvgIpc) is 2.57. The lowest BCUT2D eigenvalue weighted by Crippen LogP contribution is -2.30. The summed E-state index contributed by atoms with van der Waals surface area (Å²) in [4.78, 5) is 21.4. The van der Waals surface area contributed by atoms with Crippen molar-refractivity contribution in [1.82, 2.24) is 9.88 Å². The molecule has 0 aromatic carbocycles. The lowest BCUT2D eigenvalue weighted by atomic mass is 10.4. The molecule has 1 amide bonds. The molecule has 7 nitrogen and oxygen atoms in total. The number of nitrogens with two attached hydrogens (primary N) is 1. The van der Waals surface area contributed by atoms with Crippen LogP contribution in [0.1, 0.15) is 10.5 Å². The zero-order chi connectivity index (χ0) is 11.4. The zero-order valence-corrected chi connectivity index (χ0v) is 8.27. The molecular weight excluding hydrogens is 200 g/mol. The number of carbonyl (C=O) groups excluding carboxylic acids is 1. The van der Waals surface area contributed by atoms with Crippen molar-refractivity contribution in [3.05, 3.63) is 28.1 Å². The van der Waals surface area contributed by atoms with E-state index in [1.165, 1.54) is 16.8 Å². The molecule has 0 atom stereocenters. The maximum absolute atomic E-state index is 11.5. The predicted octanol–water partition coefficient (Wildman–Crippen LogP) is -0.378. The Bertz CT molecular complexity index is 385. The summed E-state index contributed by atoms with van der Waals surface area (Å²) in [5.74, 6) is -0.365. The Morgan fingerprint density at radius 3 is 2.87 bits per heavy atom. The predicted molar refractivity (Wildman–Crippen MR) is 53.5 cm³/mol. The van der Waals surface area contributed by atoms with Gasteiger partial charge in [0.05, 0.1) is 11.1 Å². The van der Waals surface area contributed by atoms with Gasteiger partial charge in [-0.2, -0.15) is 0 Å². The normalized spacial score (nSPS) is 10.0. The first-order chi connectivity index (χ1) is 7.06. The summed E-state index contributed by atoms with van der Waals surface area (Å²) in [6.45, 7) is 0.677. The number of hydrogen-bond acceptors (Lipinski definition) is 4. The Morgan fingerprint density at radius 2 is 2.40 bits per heavy atom. The van der Waals surface area contributed by atoms with Crippen LogP contribution in [0.2, 0.25) is 0 Å². The number of rotatable bonds is 4. The zero-order valence-electron chi connectivity index (χ0n) is 8.27. The van der Waals surface area contributed by atoms with Crippen LogP contribution in [0.15, 0.2) is 12.3 Å². The third-order valence-corrected chi connectivity index (χ3v) is 1.86. The minimum atomic E-state index is -0.542. The van der Waals surface area contributed by atoms with Crippen LogP contribution in [0.3, 0.4) is 0 Å². The maximum Gasteiger partial charge on any atom is 0.287 e. The fourth-order valence-electron chi connectivity index (χ4n) is 1.15. The van der Waals surface area contributed by atoms with Crippen LogP contribution in [-0.2, 0) is 7.05 Å². The van der Waals surface area contributed by atoms with Crippen LogP contribution in [0.5, 0.6) is 0 Å². The van der Waals surface area contributed by atoms with Crippen LogP contribution in [0.25, 0.3) is 0 Å². The molecule has 0 fully saturated rings. The molecule has 0 radical (unpaired) electrons. The van der Waals surface area contributed by atoms with E-state index in [1.807, 2.05) is 0 Å². The molecule has 3 N–H and O–H groups in total. The summed E-state index contributed by atoms with van der Waals surface area (Å²) in [7, 11) is 1.57. The molecule has 0 unspecified atom stereocenters. The molecule has 15 heavy (non-hydrogen) atoms. The van der Waals surface area contributed by atoms with Crippen molar-refractivity contribution in [2.24, 2.45) is 12.8 Å². The van der Waals surface area contributed by atoms with Gasteiger partial charge in [0, 0.05) is 26.2 Å². The molecule has 0 saturated carbocycles. The van der Waals surface area contributed by atoms with Gasteiger partial charge in [-0.15, -0.1) is 0 Å². The maximum atomic E-state index is 11.5. The molecule has 1 aromatic heterocycles. The molecule has 0 bridgehead atoms. The summed E-state index contributed by atoms with van der Waals surface area (Å²) in [6.07, 6.45) is 1.29. The van der Waals surface area contributed by atoms with Gasteiger partial charge in [-0.05, 0) is 0 Å². The molecule has 0 aliphatic heterocycles. The molecule has 1 aromatic rings. The van der Waals surface area contributed by atoms with E-state index >= 15 is 0 Å². The number of nitro groups is 1. The standard InChI is InChI=1S/C8H12N4O3/c1-11-5-6(12(14)15)4-7(11)8(13)10-3-2-9/h4-5H,2-3,9H2,1H3,(H,10,13). The first-order valence-electron chi connectivity index (χ1n) is 4.35. The topological polar surface area (TPSA) is 103 Å². The van der Waals surface area contributed by atoms with Crippen LogP contribution in [0, 0.1) is 10.1 Å². The second kappa shape index (κ2) is 4.56. The smallest absolute Gasteiger partial charge is 0.287 e. The van der Waals surface area contributed by atoms with Crippen molar-refractivity contribution in [3.63, 3.8) is 0 Å². The van der Waals surface area contributed by atoms with Gasteiger partial charge in [0.1, 0.15) is 5.69 Å². The quantitative estimate of drug-likeness (QED) is 0.524. The van der Waals surface area contributed by atoms with Crippen molar-refractivity contribution in [2.45, 2.75) is 0 Å². The van der Waals surface area contributed by atoms with E-state index in [2.05, 4.69) is 5.32 Å². The Balaban J connectivity index is 2.85. The molecule has 1 heterocycles. The Labute approximate surface area is 86.0 Å². The minimum Gasteiger partial charge on any atom is -0.349 e. The van der Waals surface area contributed by atoms with Crippen molar-refractivity contribution in [3.8, 4) is 0 Å². The summed E-state index contributed by atoms with van der Waals surface area (Å²) in [6, 6.07) is 1.23. The van der Waals surface area contributed by atoms with Crippen molar-refractivity contribution < 1.29 is 9.72 Å². The second-order valence-corrected chi connectivity index (χ2v) is 3.00. The molecule has 0 saturated heterocycles. The number of aromatic nitrogens is 1.